The maximum atomic E-state index is 12.0. The Balaban J connectivity index is 2.73. The molecule has 0 spiro atoms. The number of rotatable bonds is 5. The molecule has 5 nitrogen and oxygen atoms in total. The van der Waals surface area contributed by atoms with Crippen LogP contribution in [-0.4, -0.2) is 28.9 Å². The lowest BCUT2D eigenvalue weighted by Crippen LogP contribution is -2.44. The van der Waals surface area contributed by atoms with Gasteiger partial charge in [-0.05, 0) is 38.1 Å². The van der Waals surface area contributed by atoms with E-state index in [-0.39, 0.29) is 12.0 Å². The molecule has 21 heavy (non-hydrogen) atoms. The Bertz CT molecular complexity index is 523. The maximum Gasteiger partial charge on any atom is 0.573 e. The number of benzene rings is 1. The van der Waals surface area contributed by atoms with Gasteiger partial charge in [0.2, 0.25) is 0 Å². The molecule has 0 saturated carbocycles. The SMILES string of the molecule is CC(C)(CC(=O)O)NC(=O)c1ccc(OC(F)(F)F)cc1. The molecule has 116 valence electrons. The molecule has 1 amide bonds. The monoisotopic (exact) mass is 305 g/mol. The van der Waals surface area contributed by atoms with Crippen LogP contribution in [0.15, 0.2) is 24.3 Å². The summed E-state index contributed by atoms with van der Waals surface area (Å²) in [5.41, 5.74) is -0.882. The summed E-state index contributed by atoms with van der Waals surface area (Å²) in [6.07, 6.45) is -5.08. The van der Waals surface area contributed by atoms with Gasteiger partial charge < -0.3 is 15.2 Å². The van der Waals surface area contributed by atoms with E-state index in [9.17, 15) is 22.8 Å². The van der Waals surface area contributed by atoms with Gasteiger partial charge in [0.25, 0.3) is 5.91 Å². The number of aliphatic carboxylic acids is 1. The fourth-order valence-corrected chi connectivity index (χ4v) is 1.61. The van der Waals surface area contributed by atoms with Gasteiger partial charge in [0.05, 0.1) is 6.42 Å². The van der Waals surface area contributed by atoms with E-state index in [0.29, 0.717) is 0 Å². The first-order valence-electron chi connectivity index (χ1n) is 5.89. The highest BCUT2D eigenvalue weighted by atomic mass is 19.4. The quantitative estimate of drug-likeness (QED) is 0.876. The number of carbonyl (C=O) groups is 2. The van der Waals surface area contributed by atoms with Crippen molar-refractivity contribution in [1.29, 1.82) is 0 Å². The minimum Gasteiger partial charge on any atom is -0.481 e. The predicted molar refractivity (Wildman–Crippen MR) is 66.9 cm³/mol. The van der Waals surface area contributed by atoms with Gasteiger partial charge in [-0.25, -0.2) is 0 Å². The van der Waals surface area contributed by atoms with Crippen molar-refractivity contribution in [2.45, 2.75) is 32.2 Å². The highest BCUT2D eigenvalue weighted by molar-refractivity contribution is 5.95. The van der Waals surface area contributed by atoms with Crippen LogP contribution in [-0.2, 0) is 4.79 Å². The minimum atomic E-state index is -4.80. The third-order valence-corrected chi connectivity index (χ3v) is 2.40. The van der Waals surface area contributed by atoms with Gasteiger partial charge in [0.1, 0.15) is 5.75 Å². The van der Waals surface area contributed by atoms with Crippen molar-refractivity contribution in [3.8, 4) is 5.75 Å². The van der Waals surface area contributed by atoms with Crippen molar-refractivity contribution in [2.24, 2.45) is 0 Å². The van der Waals surface area contributed by atoms with E-state index in [0.717, 1.165) is 24.3 Å². The van der Waals surface area contributed by atoms with Crippen LogP contribution in [0.2, 0.25) is 0 Å². The second-order valence-electron chi connectivity index (χ2n) is 4.98. The first-order chi connectivity index (χ1) is 9.48. The van der Waals surface area contributed by atoms with E-state index < -0.39 is 29.5 Å². The fraction of sp³-hybridized carbons (Fsp3) is 0.385. The molecule has 1 aromatic carbocycles. The largest absolute Gasteiger partial charge is 0.573 e. The van der Waals surface area contributed by atoms with Crippen molar-refractivity contribution < 1.29 is 32.6 Å². The van der Waals surface area contributed by atoms with Gasteiger partial charge in [-0.15, -0.1) is 13.2 Å². The summed E-state index contributed by atoms with van der Waals surface area (Å²) in [4.78, 5) is 22.5. The molecule has 0 unspecified atom stereocenters. The second-order valence-corrected chi connectivity index (χ2v) is 4.98. The molecule has 1 aromatic rings. The molecule has 0 heterocycles. The Morgan fingerprint density at radius 3 is 2.14 bits per heavy atom. The summed E-state index contributed by atoms with van der Waals surface area (Å²) < 4.78 is 39.6. The first-order valence-corrected chi connectivity index (χ1v) is 5.89. The van der Waals surface area contributed by atoms with Crippen LogP contribution in [0, 0.1) is 0 Å². The van der Waals surface area contributed by atoms with Gasteiger partial charge in [-0.2, -0.15) is 0 Å². The molecule has 0 aliphatic carbocycles. The molecule has 0 aliphatic heterocycles. The summed E-state index contributed by atoms with van der Waals surface area (Å²) in [5.74, 6) is -2.10. The lowest BCUT2D eigenvalue weighted by molar-refractivity contribution is -0.274. The van der Waals surface area contributed by atoms with Crippen LogP contribution in [0.3, 0.4) is 0 Å². The van der Waals surface area contributed by atoms with Crippen LogP contribution in [0.1, 0.15) is 30.6 Å². The zero-order valence-corrected chi connectivity index (χ0v) is 11.3. The van der Waals surface area contributed by atoms with Gasteiger partial charge in [-0.3, -0.25) is 9.59 Å². The van der Waals surface area contributed by atoms with Gasteiger partial charge in [0.15, 0.2) is 0 Å². The lowest BCUT2D eigenvalue weighted by atomic mass is 10.00. The maximum absolute atomic E-state index is 12.0. The van der Waals surface area contributed by atoms with Crippen molar-refractivity contribution in [2.75, 3.05) is 0 Å². The number of carboxylic acids is 1. The summed E-state index contributed by atoms with van der Waals surface area (Å²) in [6, 6.07) is 4.33. The van der Waals surface area contributed by atoms with Crippen molar-refractivity contribution in [3.05, 3.63) is 29.8 Å². The molecular weight excluding hydrogens is 291 g/mol. The topological polar surface area (TPSA) is 75.6 Å². The lowest BCUT2D eigenvalue weighted by Gasteiger charge is -2.24. The fourth-order valence-electron chi connectivity index (χ4n) is 1.61. The highest BCUT2D eigenvalue weighted by Crippen LogP contribution is 2.23. The number of ether oxygens (including phenoxy) is 1. The average molecular weight is 305 g/mol. The smallest absolute Gasteiger partial charge is 0.481 e. The molecule has 8 heteroatoms. The van der Waals surface area contributed by atoms with E-state index in [1.165, 1.54) is 13.8 Å². The van der Waals surface area contributed by atoms with E-state index in [1.807, 2.05) is 0 Å². The number of carbonyl (C=O) groups excluding carboxylic acids is 1. The molecular formula is C13H14F3NO4. The first kappa shape index (κ1) is 16.8. The van der Waals surface area contributed by atoms with E-state index in [2.05, 4.69) is 10.1 Å². The minimum absolute atomic E-state index is 0.1000. The number of carboxylic acid groups (broad SMARTS) is 1. The number of hydrogen-bond donors (Lipinski definition) is 2. The molecule has 0 aliphatic rings. The summed E-state index contributed by atoms with van der Waals surface area (Å²) in [7, 11) is 0. The number of halogens is 3. The summed E-state index contributed by atoms with van der Waals surface area (Å²) in [6.45, 7) is 3.06. The zero-order valence-electron chi connectivity index (χ0n) is 11.3. The summed E-state index contributed by atoms with van der Waals surface area (Å²) in [5, 5.41) is 11.2. The van der Waals surface area contributed by atoms with Gasteiger partial charge >= 0.3 is 12.3 Å². The Morgan fingerprint density at radius 1 is 1.19 bits per heavy atom. The van der Waals surface area contributed by atoms with E-state index in [4.69, 9.17) is 5.11 Å². The van der Waals surface area contributed by atoms with Gasteiger partial charge in [-0.1, -0.05) is 0 Å². The molecule has 0 radical (unpaired) electrons. The molecule has 0 atom stereocenters. The van der Waals surface area contributed by atoms with Crippen molar-refractivity contribution in [1.82, 2.24) is 5.32 Å². The van der Waals surface area contributed by atoms with E-state index >= 15 is 0 Å². The number of amides is 1. The number of hydrogen-bond acceptors (Lipinski definition) is 3. The number of alkyl halides is 3. The number of nitrogens with one attached hydrogen (secondary N) is 1. The van der Waals surface area contributed by atoms with Crippen LogP contribution in [0.25, 0.3) is 0 Å². The second kappa shape index (κ2) is 6.02. The summed E-state index contributed by atoms with van der Waals surface area (Å²) >= 11 is 0. The third kappa shape index (κ3) is 6.15. The van der Waals surface area contributed by atoms with E-state index in [1.54, 1.807) is 0 Å². The molecule has 2 N–H and O–H groups in total. The van der Waals surface area contributed by atoms with Crippen LogP contribution in [0.5, 0.6) is 5.75 Å². The Labute approximate surface area is 118 Å². The molecule has 0 aromatic heterocycles. The molecule has 0 fully saturated rings. The van der Waals surface area contributed by atoms with Crippen LogP contribution < -0.4 is 10.1 Å². The van der Waals surface area contributed by atoms with Crippen molar-refractivity contribution in [3.63, 3.8) is 0 Å². The Kier molecular flexibility index (Phi) is 4.82. The van der Waals surface area contributed by atoms with Crippen LogP contribution >= 0.6 is 0 Å². The molecule has 0 saturated heterocycles. The molecule has 0 bridgehead atoms. The highest BCUT2D eigenvalue weighted by Gasteiger charge is 2.31. The van der Waals surface area contributed by atoms with Crippen LogP contribution in [0.4, 0.5) is 13.2 Å². The Morgan fingerprint density at radius 2 is 1.71 bits per heavy atom. The average Bonchev–Trinajstić information content (AvgIpc) is 2.24. The Hall–Kier alpha value is -2.25. The van der Waals surface area contributed by atoms with Gasteiger partial charge in [0, 0.05) is 11.1 Å². The molecule has 1 rings (SSSR count). The standard InChI is InChI=1S/C13H14F3NO4/c1-12(2,7-10(18)19)17-11(20)8-3-5-9(6-4-8)21-13(14,15)16/h3-6H,7H2,1-2H3,(H,17,20)(H,18,19). The predicted octanol–water partition coefficient (Wildman–Crippen LogP) is 2.57. The zero-order chi connectivity index (χ0) is 16.3. The van der Waals surface area contributed by atoms with Crippen molar-refractivity contribution >= 4 is 11.9 Å². The normalized spacial score (nSPS) is 11.9. The third-order valence-electron chi connectivity index (χ3n) is 2.40.